The molecule has 2 aromatic carbocycles. The summed E-state index contributed by atoms with van der Waals surface area (Å²) in [5.74, 6) is -7.23. The molecule has 1 heterocycles. The van der Waals surface area contributed by atoms with Crippen LogP contribution in [0.15, 0.2) is 18.2 Å². The van der Waals surface area contributed by atoms with Crippen LogP contribution in [-0.4, -0.2) is 115 Å². The van der Waals surface area contributed by atoms with Crippen LogP contribution in [-0.2, 0) is 30.3 Å². The topological polar surface area (TPSA) is 267 Å². The molecular weight excluding hydrogens is 626 g/mol. The fourth-order valence-corrected chi connectivity index (χ4v) is 6.53. The normalized spacial score (nSPS) is 27.3. The molecule has 16 nitrogen and oxygen atoms in total. The minimum atomic E-state index is -2.39. The molecule has 0 spiro atoms. The Morgan fingerprint density at radius 3 is 2.38 bits per heavy atom. The Labute approximate surface area is 266 Å². The molecule has 1 saturated heterocycles. The summed E-state index contributed by atoms with van der Waals surface area (Å²) < 4.78 is 17.1. The molecule has 1 fully saturated rings. The van der Waals surface area contributed by atoms with Crippen molar-refractivity contribution in [1.82, 2.24) is 5.32 Å². The summed E-state index contributed by atoms with van der Waals surface area (Å²) in [5, 5.41) is 76.0. The van der Waals surface area contributed by atoms with E-state index in [-0.39, 0.29) is 34.4 Å². The number of benzene rings is 2. The van der Waals surface area contributed by atoms with Crippen molar-refractivity contribution in [2.24, 2.45) is 0 Å². The van der Waals surface area contributed by atoms with Crippen molar-refractivity contribution < 1.29 is 73.9 Å². The number of carbonyl (C=O) groups is 5. The number of fused-ring (bicyclic) bond motifs is 3. The number of methoxy groups -OCH3 is 1. The van der Waals surface area contributed by atoms with Crippen molar-refractivity contribution in [3.63, 3.8) is 0 Å². The first-order valence-corrected chi connectivity index (χ1v) is 14.6. The van der Waals surface area contributed by atoms with E-state index in [0.29, 0.717) is 0 Å². The second kappa shape index (κ2) is 12.6. The second-order valence-corrected chi connectivity index (χ2v) is 11.8. The maximum absolute atomic E-state index is 13.8. The number of aromatic hydroxyl groups is 2. The van der Waals surface area contributed by atoms with Crippen molar-refractivity contribution >= 4 is 29.3 Å². The van der Waals surface area contributed by atoms with Gasteiger partial charge in [0.15, 0.2) is 17.9 Å². The molecule has 5 unspecified atom stereocenters. The van der Waals surface area contributed by atoms with Gasteiger partial charge in [-0.2, -0.15) is 0 Å². The highest BCUT2D eigenvalue weighted by Gasteiger charge is 2.50. The molecule has 3 aliphatic rings. The van der Waals surface area contributed by atoms with Gasteiger partial charge in [-0.1, -0.05) is 12.1 Å². The number of hydrogen-bond acceptors (Lipinski definition) is 14. The van der Waals surface area contributed by atoms with Crippen LogP contribution in [0.25, 0.3) is 0 Å². The first kappa shape index (κ1) is 33.9. The third-order valence-electron chi connectivity index (χ3n) is 8.85. The fraction of sp³-hybridized carbons (Fsp3) is 0.452. The lowest BCUT2D eigenvalue weighted by atomic mass is 9.72. The van der Waals surface area contributed by atoms with E-state index in [2.05, 4.69) is 5.32 Å². The van der Waals surface area contributed by atoms with Crippen molar-refractivity contribution in [3.8, 4) is 17.2 Å². The fourth-order valence-electron chi connectivity index (χ4n) is 6.53. The summed E-state index contributed by atoms with van der Waals surface area (Å²) in [5.41, 5.74) is -4.37. The molecule has 0 saturated carbocycles. The van der Waals surface area contributed by atoms with Gasteiger partial charge < -0.3 is 50.0 Å². The van der Waals surface area contributed by atoms with E-state index in [0.717, 1.165) is 0 Å². The van der Waals surface area contributed by atoms with E-state index in [1.807, 2.05) is 0 Å². The predicted octanol–water partition coefficient (Wildman–Crippen LogP) is -0.440. The summed E-state index contributed by atoms with van der Waals surface area (Å²) in [6.07, 6.45) is -7.68. The smallest absolute Gasteiger partial charge is 0.321 e. The summed E-state index contributed by atoms with van der Waals surface area (Å²) in [6.45, 7) is 0.313. The summed E-state index contributed by atoms with van der Waals surface area (Å²) in [7, 11) is 1.28. The van der Waals surface area contributed by atoms with Gasteiger partial charge in [0, 0.05) is 42.0 Å². The summed E-state index contributed by atoms with van der Waals surface area (Å²) >= 11 is 0. The third-order valence-corrected chi connectivity index (χ3v) is 8.85. The number of carbonyl (C=O) groups excluding carboxylic acids is 3. The molecule has 16 heteroatoms. The summed E-state index contributed by atoms with van der Waals surface area (Å²) in [4.78, 5) is 63.1. The summed E-state index contributed by atoms with van der Waals surface area (Å²) in [6, 6.07) is 1.52. The Morgan fingerprint density at radius 2 is 1.77 bits per heavy atom. The lowest BCUT2D eigenvalue weighted by molar-refractivity contribution is -0.250. The lowest BCUT2D eigenvalue weighted by Crippen LogP contribution is -2.58. The van der Waals surface area contributed by atoms with Gasteiger partial charge in [-0.3, -0.25) is 29.3 Å². The number of rotatable bonds is 10. The van der Waals surface area contributed by atoms with Crippen LogP contribution in [0.2, 0.25) is 0 Å². The zero-order chi connectivity index (χ0) is 34.5. The molecule has 7 atom stereocenters. The highest BCUT2D eigenvalue weighted by molar-refractivity contribution is 6.31. The zero-order valence-corrected chi connectivity index (χ0v) is 25.1. The standard InChI is InChI=1S/C31H33NO15/c1-11-25(37)14(32-15(30(42)43)6-19(35)36)7-20(46-11)47-17-9-31(44,18(34)10-33)8-13-22(17)29(41)24-23(27(13)39)26(38)12-4-3-5-16(45-2)21(12)28(24)40/h3-5,11,14-15,17,20,25,32-33,37,39,41,44H,6-10H2,1-2H3,(H,35,36)(H,42,43)/t11?,14?,15?,17-,20?,25?,31-/m0/s1. The molecule has 252 valence electrons. The molecule has 0 bridgehead atoms. The van der Waals surface area contributed by atoms with Crippen molar-refractivity contribution in [2.45, 2.75) is 74.9 Å². The number of hydrogen-bond donors (Lipinski definition) is 8. The molecular formula is C31H33NO15. The van der Waals surface area contributed by atoms with E-state index in [4.69, 9.17) is 19.3 Å². The first-order chi connectivity index (χ1) is 22.1. The Balaban J connectivity index is 1.59. The zero-order valence-electron chi connectivity index (χ0n) is 25.1. The maximum atomic E-state index is 13.8. The SMILES string of the molecule is COc1cccc2c1C(=O)c1c(O)c3c(c(O)c1C2=O)C[C@@](O)(C(=O)CO)C[C@@H]3OC1CC(NC(CC(=O)O)C(=O)O)C(O)C(C)O1. The number of aliphatic hydroxyl groups is 3. The van der Waals surface area contributed by atoms with Gasteiger partial charge in [-0.05, 0) is 13.0 Å². The molecule has 0 aromatic heterocycles. The number of aliphatic hydroxyl groups excluding tert-OH is 2. The Morgan fingerprint density at radius 1 is 1.09 bits per heavy atom. The van der Waals surface area contributed by atoms with Gasteiger partial charge in [0.05, 0.1) is 48.5 Å². The average Bonchev–Trinajstić information content (AvgIpc) is 3.02. The van der Waals surface area contributed by atoms with E-state index in [1.165, 1.54) is 32.2 Å². The Bertz CT molecular complexity index is 1670. The van der Waals surface area contributed by atoms with Gasteiger partial charge >= 0.3 is 11.9 Å². The van der Waals surface area contributed by atoms with E-state index < -0.39 is 120 Å². The van der Waals surface area contributed by atoms with Gasteiger partial charge in [0.2, 0.25) is 5.78 Å². The number of phenols is 2. The molecule has 1 aliphatic heterocycles. The number of carboxylic acids is 2. The quantitative estimate of drug-likeness (QED) is 0.128. The Kier molecular flexibility index (Phi) is 9.11. The lowest BCUT2D eigenvalue weighted by Gasteiger charge is -2.43. The molecule has 47 heavy (non-hydrogen) atoms. The second-order valence-electron chi connectivity index (χ2n) is 11.8. The molecule has 2 aromatic rings. The van der Waals surface area contributed by atoms with Gasteiger partial charge in [-0.15, -0.1) is 0 Å². The minimum absolute atomic E-state index is 0.0306. The molecule has 0 amide bonds. The largest absolute Gasteiger partial charge is 0.507 e. The maximum Gasteiger partial charge on any atom is 0.321 e. The monoisotopic (exact) mass is 659 g/mol. The minimum Gasteiger partial charge on any atom is -0.507 e. The van der Waals surface area contributed by atoms with Crippen LogP contribution in [0.3, 0.4) is 0 Å². The number of ether oxygens (including phenoxy) is 3. The van der Waals surface area contributed by atoms with Crippen molar-refractivity contribution in [3.05, 3.63) is 51.6 Å². The van der Waals surface area contributed by atoms with Crippen LogP contribution in [0.4, 0.5) is 0 Å². The number of aliphatic carboxylic acids is 2. The van der Waals surface area contributed by atoms with Gasteiger partial charge in [-0.25, -0.2) is 0 Å². The van der Waals surface area contributed by atoms with Crippen molar-refractivity contribution in [1.29, 1.82) is 0 Å². The number of ketones is 3. The highest BCUT2D eigenvalue weighted by Crippen LogP contribution is 2.52. The van der Waals surface area contributed by atoms with Crippen LogP contribution < -0.4 is 10.1 Å². The van der Waals surface area contributed by atoms with Crippen LogP contribution in [0.1, 0.15) is 75.3 Å². The van der Waals surface area contributed by atoms with Gasteiger partial charge in [0.1, 0.15) is 35.5 Å². The third kappa shape index (κ3) is 5.83. The number of carboxylic acid groups (broad SMARTS) is 2. The molecule has 5 rings (SSSR count). The number of nitrogens with one attached hydrogen (secondary N) is 1. The molecule has 8 N–H and O–H groups in total. The predicted molar refractivity (Wildman–Crippen MR) is 154 cm³/mol. The average molecular weight is 660 g/mol. The van der Waals surface area contributed by atoms with E-state index in [9.17, 15) is 54.6 Å². The molecule has 0 radical (unpaired) electrons. The number of Topliss-reactive ketones (excluding diaryl/α,β-unsaturated/α-hetero) is 1. The van der Waals surface area contributed by atoms with Crippen LogP contribution >= 0.6 is 0 Å². The van der Waals surface area contributed by atoms with Crippen LogP contribution in [0.5, 0.6) is 17.2 Å². The molecule has 2 aliphatic carbocycles. The van der Waals surface area contributed by atoms with E-state index >= 15 is 0 Å². The van der Waals surface area contributed by atoms with Gasteiger partial charge in [0.25, 0.3) is 0 Å². The first-order valence-electron chi connectivity index (χ1n) is 14.6. The Hall–Kier alpha value is -4.45. The van der Waals surface area contributed by atoms with Crippen molar-refractivity contribution in [2.75, 3.05) is 13.7 Å². The number of phenolic OH excluding ortho intramolecular Hbond substituents is 2. The highest BCUT2D eigenvalue weighted by atomic mass is 16.7. The van der Waals surface area contributed by atoms with Crippen LogP contribution in [0, 0.1) is 0 Å². The van der Waals surface area contributed by atoms with E-state index in [1.54, 1.807) is 0 Å².